The van der Waals surface area contributed by atoms with Gasteiger partial charge in [-0.1, -0.05) is 87.9 Å². The molecule has 0 radical (unpaired) electrons. The monoisotopic (exact) mass is 376 g/mol. The summed E-state index contributed by atoms with van der Waals surface area (Å²) in [7, 11) is -1.20. The van der Waals surface area contributed by atoms with Gasteiger partial charge in [-0.2, -0.15) is 0 Å². The van der Waals surface area contributed by atoms with Gasteiger partial charge >= 0.3 is 0 Å². The van der Waals surface area contributed by atoms with Crippen LogP contribution in [0.15, 0.2) is 22.4 Å². The third-order valence-corrected chi connectivity index (χ3v) is 20.2. The second-order valence-electron chi connectivity index (χ2n) is 10.1. The van der Waals surface area contributed by atoms with Crippen molar-refractivity contribution < 1.29 is 0 Å². The first kappa shape index (κ1) is 19.9. The van der Waals surface area contributed by atoms with Gasteiger partial charge < -0.3 is 0 Å². The van der Waals surface area contributed by atoms with Gasteiger partial charge in [-0.05, 0) is 50.8 Å². The van der Waals surface area contributed by atoms with Gasteiger partial charge in [0.1, 0.15) is 7.74 Å². The predicted molar refractivity (Wildman–Crippen MR) is 118 cm³/mol. The maximum atomic E-state index is 2.77. The molecule has 0 aromatic heterocycles. The molecule has 3 rings (SSSR count). The number of hydrogen-bond donors (Lipinski definition) is 0. The molecule has 0 heterocycles. The molecule has 0 nitrogen and oxygen atoms in total. The fourth-order valence-corrected chi connectivity index (χ4v) is 20.9. The Kier molecular flexibility index (Phi) is 6.07. The minimum absolute atomic E-state index is 0.198. The normalized spacial score (nSPS) is 26.4. The van der Waals surface area contributed by atoms with E-state index in [0.29, 0.717) is 5.41 Å². The zero-order valence-electron chi connectivity index (χ0n) is 17.8. The third kappa shape index (κ3) is 3.89. The molecule has 2 fully saturated rings. The quantitative estimate of drug-likeness (QED) is 0.343. The molecule has 0 spiro atoms. The second-order valence-corrected chi connectivity index (χ2v) is 20.9. The van der Waals surface area contributed by atoms with E-state index in [1.165, 1.54) is 38.5 Å². The van der Waals surface area contributed by atoms with Crippen molar-refractivity contribution >= 4 is 15.2 Å². The minimum Gasteiger partial charge on any atom is -0.107 e. The molecule has 3 aliphatic rings. The first-order valence-electron chi connectivity index (χ1n) is 11.0. The van der Waals surface area contributed by atoms with Gasteiger partial charge in [0.2, 0.25) is 0 Å². The highest BCUT2D eigenvalue weighted by Crippen LogP contribution is 2.65. The van der Waals surface area contributed by atoms with Crippen molar-refractivity contribution in [1.29, 1.82) is 0 Å². The molecule has 2 heteroatoms. The molecule has 0 atom stereocenters. The highest BCUT2D eigenvalue weighted by atomic mass is 31.4. The fourth-order valence-electron chi connectivity index (χ4n) is 5.97. The molecule has 2 saturated carbocycles. The van der Waals surface area contributed by atoms with Crippen LogP contribution < -0.4 is 0 Å². The summed E-state index contributed by atoms with van der Waals surface area (Å²) in [5, 5.41) is 1.86. The summed E-state index contributed by atoms with van der Waals surface area (Å²) in [5.41, 5.74) is 5.80. The van der Waals surface area contributed by atoms with Crippen molar-refractivity contribution in [2.24, 2.45) is 5.41 Å². The highest BCUT2D eigenvalue weighted by molar-refractivity contribution is 7.97. The minimum atomic E-state index is -1.40. The van der Waals surface area contributed by atoms with Crippen LogP contribution in [0.5, 0.6) is 0 Å². The molecular formula is C23H41PSi. The van der Waals surface area contributed by atoms with Crippen LogP contribution in [0.2, 0.25) is 13.1 Å². The Morgan fingerprint density at radius 3 is 1.64 bits per heavy atom. The Labute approximate surface area is 159 Å². The van der Waals surface area contributed by atoms with Gasteiger partial charge in [-0.15, -0.1) is 7.47 Å². The Bertz CT molecular complexity index is 524. The maximum absolute atomic E-state index is 2.77. The lowest BCUT2D eigenvalue weighted by Crippen LogP contribution is -2.38. The van der Waals surface area contributed by atoms with Crippen LogP contribution in [0.4, 0.5) is 0 Å². The van der Waals surface area contributed by atoms with Crippen molar-refractivity contribution in [2.45, 2.75) is 116 Å². The zero-order chi connectivity index (χ0) is 18.2. The average Bonchev–Trinajstić information content (AvgIpc) is 2.80. The molecule has 0 aromatic carbocycles. The van der Waals surface area contributed by atoms with Gasteiger partial charge in [0.25, 0.3) is 0 Å². The summed E-state index contributed by atoms with van der Waals surface area (Å²) in [6.45, 7) is 15.3. The lowest BCUT2D eigenvalue weighted by Gasteiger charge is -2.47. The van der Waals surface area contributed by atoms with E-state index in [-0.39, 0.29) is 7.47 Å². The summed E-state index contributed by atoms with van der Waals surface area (Å²) in [6, 6.07) is 0. The van der Waals surface area contributed by atoms with Gasteiger partial charge in [0.05, 0.1) is 0 Å². The van der Waals surface area contributed by atoms with Crippen molar-refractivity contribution in [3.8, 4) is 0 Å². The van der Waals surface area contributed by atoms with E-state index in [1.54, 1.807) is 36.8 Å². The van der Waals surface area contributed by atoms with E-state index in [1.807, 2.05) is 5.20 Å². The topological polar surface area (TPSA) is 0 Å². The summed E-state index contributed by atoms with van der Waals surface area (Å²) in [5.74, 6) is 0. The van der Waals surface area contributed by atoms with E-state index in [0.717, 1.165) is 11.3 Å². The molecule has 25 heavy (non-hydrogen) atoms. The van der Waals surface area contributed by atoms with E-state index in [4.69, 9.17) is 0 Å². The van der Waals surface area contributed by atoms with E-state index in [2.05, 4.69) is 46.9 Å². The Balaban J connectivity index is 1.96. The standard InChI is InChI=1S/C23H41PSi/c1-18-19(2)23(3,4)17-22(18)25(5,6)24(20-13-9-7-10-14-20)21-15-11-8-12-16-21/h17,20-21H,7-16H2,1-6H3. The van der Waals surface area contributed by atoms with Crippen LogP contribution in [0.3, 0.4) is 0 Å². The fraction of sp³-hybridized carbons (Fsp3) is 0.826. The van der Waals surface area contributed by atoms with Crippen LogP contribution in [-0.4, -0.2) is 19.1 Å². The van der Waals surface area contributed by atoms with Gasteiger partial charge in [0, 0.05) is 5.41 Å². The Morgan fingerprint density at radius 2 is 1.28 bits per heavy atom. The lowest BCUT2D eigenvalue weighted by molar-refractivity contribution is 0.487. The number of hydrogen-bond acceptors (Lipinski definition) is 0. The molecule has 142 valence electrons. The number of allylic oxidation sites excluding steroid dienone is 4. The number of rotatable bonds is 4. The maximum Gasteiger partial charge on any atom is 0.107 e. The predicted octanol–water partition coefficient (Wildman–Crippen LogP) is 8.18. The van der Waals surface area contributed by atoms with E-state index in [9.17, 15) is 0 Å². The Morgan fingerprint density at radius 1 is 0.840 bits per heavy atom. The van der Waals surface area contributed by atoms with Crippen LogP contribution in [0.25, 0.3) is 0 Å². The summed E-state index contributed by atoms with van der Waals surface area (Å²) < 4.78 is 0. The molecule has 0 bridgehead atoms. The molecule has 0 aliphatic heterocycles. The average molecular weight is 377 g/mol. The molecule has 3 aliphatic carbocycles. The van der Waals surface area contributed by atoms with Crippen molar-refractivity contribution in [2.75, 3.05) is 0 Å². The van der Waals surface area contributed by atoms with Crippen LogP contribution in [-0.2, 0) is 0 Å². The van der Waals surface area contributed by atoms with Crippen molar-refractivity contribution in [3.63, 3.8) is 0 Å². The largest absolute Gasteiger partial charge is 0.107 e. The molecule has 0 N–H and O–H groups in total. The zero-order valence-corrected chi connectivity index (χ0v) is 19.6. The van der Waals surface area contributed by atoms with Gasteiger partial charge in [-0.25, -0.2) is 0 Å². The molecular weight excluding hydrogens is 335 g/mol. The smallest absolute Gasteiger partial charge is 0.107 e. The van der Waals surface area contributed by atoms with E-state index < -0.39 is 7.74 Å². The van der Waals surface area contributed by atoms with Crippen LogP contribution in [0.1, 0.15) is 91.9 Å². The molecule has 0 amide bonds. The first-order valence-corrected chi connectivity index (χ1v) is 16.3. The van der Waals surface area contributed by atoms with E-state index >= 15 is 0 Å². The van der Waals surface area contributed by atoms with Gasteiger partial charge in [-0.3, -0.25) is 0 Å². The highest BCUT2D eigenvalue weighted by Gasteiger charge is 2.46. The SMILES string of the molecule is CC1=C(C)C(C)(C)C=C1[Si](C)(C)P(C1CCCCC1)C1CCCCC1. The second kappa shape index (κ2) is 7.63. The summed E-state index contributed by atoms with van der Waals surface area (Å²) >= 11 is 0. The van der Waals surface area contributed by atoms with Crippen molar-refractivity contribution in [3.05, 3.63) is 22.4 Å². The van der Waals surface area contributed by atoms with Gasteiger partial charge in [0.15, 0.2) is 0 Å². The Hall–Kier alpha value is 0.127. The third-order valence-electron chi connectivity index (χ3n) is 7.68. The summed E-state index contributed by atoms with van der Waals surface area (Å²) in [6.07, 6.45) is 18.0. The summed E-state index contributed by atoms with van der Waals surface area (Å²) in [4.78, 5) is 0. The van der Waals surface area contributed by atoms with Crippen LogP contribution in [0, 0.1) is 5.41 Å². The molecule has 0 saturated heterocycles. The van der Waals surface area contributed by atoms with Crippen molar-refractivity contribution in [1.82, 2.24) is 0 Å². The molecule has 0 unspecified atom stereocenters. The van der Waals surface area contributed by atoms with Crippen LogP contribution >= 0.6 is 7.47 Å². The molecule has 0 aromatic rings. The first-order chi connectivity index (χ1) is 11.7. The lowest BCUT2D eigenvalue weighted by atomic mass is 9.88.